The van der Waals surface area contributed by atoms with Gasteiger partial charge in [-0.25, -0.2) is 0 Å². The molecular formula is C13H19N. The standard InChI is InChI=1S/C13H19N/c1-13(8-14)7-10-6-11(13)4-2-9-3-5-12(9)10/h3,7,11-12H,2,4-6,8,14H2,1H3. The molecule has 0 radical (unpaired) electrons. The van der Waals surface area contributed by atoms with Crippen molar-refractivity contribution in [1.29, 1.82) is 0 Å². The highest BCUT2D eigenvalue weighted by atomic mass is 14.6. The third kappa shape index (κ3) is 0.993. The van der Waals surface area contributed by atoms with Crippen LogP contribution in [0.1, 0.15) is 32.6 Å². The van der Waals surface area contributed by atoms with E-state index in [0.717, 1.165) is 18.4 Å². The summed E-state index contributed by atoms with van der Waals surface area (Å²) in [6.07, 6.45) is 10.3. The molecule has 76 valence electrons. The SMILES string of the molecule is CC1(CN)C=C2CC1CCC1=CCC12. The molecule has 14 heavy (non-hydrogen) atoms. The molecule has 0 amide bonds. The first-order valence-corrected chi connectivity index (χ1v) is 5.83. The third-order valence-corrected chi connectivity index (χ3v) is 4.66. The van der Waals surface area contributed by atoms with Crippen LogP contribution in [0.2, 0.25) is 0 Å². The Labute approximate surface area is 86.1 Å². The van der Waals surface area contributed by atoms with Crippen molar-refractivity contribution in [2.45, 2.75) is 32.6 Å². The Bertz CT molecular complexity index is 326. The van der Waals surface area contributed by atoms with E-state index in [1.165, 1.54) is 25.7 Å². The van der Waals surface area contributed by atoms with Crippen molar-refractivity contribution in [1.82, 2.24) is 0 Å². The molecule has 0 aromatic carbocycles. The van der Waals surface area contributed by atoms with E-state index in [1.807, 2.05) is 0 Å². The summed E-state index contributed by atoms with van der Waals surface area (Å²) in [7, 11) is 0. The molecule has 0 spiro atoms. The summed E-state index contributed by atoms with van der Waals surface area (Å²) < 4.78 is 0. The molecule has 0 aliphatic heterocycles. The normalized spacial score (nSPS) is 44.7. The van der Waals surface area contributed by atoms with Crippen LogP contribution in [0.25, 0.3) is 0 Å². The Kier molecular flexibility index (Phi) is 1.70. The minimum Gasteiger partial charge on any atom is -0.330 e. The van der Waals surface area contributed by atoms with Crippen molar-refractivity contribution in [2.75, 3.05) is 6.54 Å². The van der Waals surface area contributed by atoms with Crippen LogP contribution in [0.15, 0.2) is 23.3 Å². The Morgan fingerprint density at radius 2 is 2.36 bits per heavy atom. The second-order valence-corrected chi connectivity index (χ2v) is 5.44. The molecule has 2 N–H and O–H groups in total. The summed E-state index contributed by atoms with van der Waals surface area (Å²) in [5.74, 6) is 1.65. The summed E-state index contributed by atoms with van der Waals surface area (Å²) in [6, 6.07) is 0. The molecule has 1 fully saturated rings. The monoisotopic (exact) mass is 189 g/mol. The van der Waals surface area contributed by atoms with E-state index in [-0.39, 0.29) is 0 Å². The fraction of sp³-hybridized carbons (Fsp3) is 0.692. The number of fused-ring (bicyclic) bond motifs is 4. The number of hydrogen-bond acceptors (Lipinski definition) is 1. The van der Waals surface area contributed by atoms with Gasteiger partial charge in [-0.2, -0.15) is 0 Å². The summed E-state index contributed by atoms with van der Waals surface area (Å²) in [4.78, 5) is 0. The predicted molar refractivity (Wildman–Crippen MR) is 58.8 cm³/mol. The number of nitrogens with two attached hydrogens (primary N) is 1. The van der Waals surface area contributed by atoms with Crippen LogP contribution in [0, 0.1) is 17.3 Å². The molecule has 3 unspecified atom stereocenters. The maximum Gasteiger partial charge on any atom is 0.00418 e. The molecule has 0 aromatic rings. The quantitative estimate of drug-likeness (QED) is 0.630. The zero-order valence-corrected chi connectivity index (χ0v) is 8.92. The second-order valence-electron chi connectivity index (χ2n) is 5.44. The summed E-state index contributed by atoms with van der Waals surface area (Å²) in [5, 5.41) is 0. The average Bonchev–Trinajstić information content (AvgIpc) is 2.36. The fourth-order valence-corrected chi connectivity index (χ4v) is 3.43. The topological polar surface area (TPSA) is 26.0 Å². The molecule has 3 rings (SSSR count). The maximum atomic E-state index is 5.91. The first-order chi connectivity index (χ1) is 6.73. The maximum absolute atomic E-state index is 5.91. The zero-order chi connectivity index (χ0) is 9.76. The lowest BCUT2D eigenvalue weighted by Gasteiger charge is -2.32. The molecule has 1 heteroatoms. The largest absolute Gasteiger partial charge is 0.330 e. The van der Waals surface area contributed by atoms with Crippen LogP contribution in [0.5, 0.6) is 0 Å². The Morgan fingerprint density at radius 1 is 1.50 bits per heavy atom. The molecular weight excluding hydrogens is 170 g/mol. The van der Waals surface area contributed by atoms with Gasteiger partial charge in [-0.05, 0) is 31.6 Å². The van der Waals surface area contributed by atoms with Gasteiger partial charge in [0.1, 0.15) is 0 Å². The molecule has 1 saturated carbocycles. The number of rotatable bonds is 1. The summed E-state index contributed by atoms with van der Waals surface area (Å²) in [6.45, 7) is 3.17. The Hall–Kier alpha value is -0.560. The van der Waals surface area contributed by atoms with Gasteiger partial charge in [-0.15, -0.1) is 0 Å². The van der Waals surface area contributed by atoms with E-state index in [4.69, 9.17) is 5.73 Å². The predicted octanol–water partition coefficient (Wildman–Crippen LogP) is 2.64. The smallest absolute Gasteiger partial charge is 0.00418 e. The highest BCUT2D eigenvalue weighted by Crippen LogP contribution is 2.53. The van der Waals surface area contributed by atoms with Crippen molar-refractivity contribution in [3.05, 3.63) is 23.3 Å². The minimum atomic E-state index is 0.316. The Balaban J connectivity index is 1.98. The van der Waals surface area contributed by atoms with Gasteiger partial charge >= 0.3 is 0 Å². The highest BCUT2D eigenvalue weighted by Gasteiger charge is 2.43. The van der Waals surface area contributed by atoms with Crippen molar-refractivity contribution in [3.8, 4) is 0 Å². The number of hydrogen-bond donors (Lipinski definition) is 1. The zero-order valence-electron chi connectivity index (χ0n) is 8.92. The summed E-state index contributed by atoms with van der Waals surface area (Å²) in [5.41, 5.74) is 9.66. The van der Waals surface area contributed by atoms with Gasteiger partial charge in [0.2, 0.25) is 0 Å². The number of allylic oxidation sites excluding steroid dienone is 3. The van der Waals surface area contributed by atoms with Crippen molar-refractivity contribution in [2.24, 2.45) is 23.0 Å². The van der Waals surface area contributed by atoms with Gasteiger partial charge in [0.05, 0.1) is 0 Å². The first kappa shape index (κ1) is 8.72. The second kappa shape index (κ2) is 2.73. The van der Waals surface area contributed by atoms with Crippen LogP contribution < -0.4 is 5.73 Å². The van der Waals surface area contributed by atoms with E-state index < -0.39 is 0 Å². The van der Waals surface area contributed by atoms with Gasteiger partial charge in [-0.1, -0.05) is 30.2 Å². The molecule has 0 saturated heterocycles. The van der Waals surface area contributed by atoms with Crippen LogP contribution in [-0.4, -0.2) is 6.54 Å². The lowest BCUT2D eigenvalue weighted by molar-refractivity contribution is 0.272. The molecule has 3 aliphatic carbocycles. The van der Waals surface area contributed by atoms with Gasteiger partial charge in [0, 0.05) is 17.9 Å². The minimum absolute atomic E-state index is 0.316. The van der Waals surface area contributed by atoms with Crippen LogP contribution in [-0.2, 0) is 0 Å². The third-order valence-electron chi connectivity index (χ3n) is 4.66. The molecule has 2 bridgehead atoms. The van der Waals surface area contributed by atoms with Crippen LogP contribution in [0.4, 0.5) is 0 Å². The highest BCUT2D eigenvalue weighted by molar-refractivity contribution is 5.36. The van der Waals surface area contributed by atoms with Gasteiger partial charge in [0.25, 0.3) is 0 Å². The van der Waals surface area contributed by atoms with E-state index >= 15 is 0 Å². The van der Waals surface area contributed by atoms with Crippen LogP contribution >= 0.6 is 0 Å². The summed E-state index contributed by atoms with van der Waals surface area (Å²) >= 11 is 0. The lowest BCUT2D eigenvalue weighted by Crippen LogP contribution is -2.31. The molecule has 0 aromatic heterocycles. The lowest BCUT2D eigenvalue weighted by atomic mass is 9.74. The average molecular weight is 189 g/mol. The van der Waals surface area contributed by atoms with Gasteiger partial charge in [0.15, 0.2) is 0 Å². The molecule has 3 aliphatic rings. The molecule has 0 heterocycles. The fourth-order valence-electron chi connectivity index (χ4n) is 3.43. The van der Waals surface area contributed by atoms with E-state index in [9.17, 15) is 0 Å². The van der Waals surface area contributed by atoms with Crippen LogP contribution in [0.3, 0.4) is 0 Å². The van der Waals surface area contributed by atoms with E-state index in [2.05, 4.69) is 19.1 Å². The van der Waals surface area contributed by atoms with Crippen molar-refractivity contribution >= 4 is 0 Å². The van der Waals surface area contributed by atoms with E-state index in [0.29, 0.717) is 5.41 Å². The van der Waals surface area contributed by atoms with Gasteiger partial charge in [-0.3, -0.25) is 0 Å². The van der Waals surface area contributed by atoms with Gasteiger partial charge < -0.3 is 5.73 Å². The molecule has 3 atom stereocenters. The van der Waals surface area contributed by atoms with E-state index in [1.54, 1.807) is 11.1 Å². The molecule has 1 nitrogen and oxygen atoms in total. The Morgan fingerprint density at radius 3 is 3.00 bits per heavy atom. The van der Waals surface area contributed by atoms with Crippen molar-refractivity contribution in [3.63, 3.8) is 0 Å². The first-order valence-electron chi connectivity index (χ1n) is 5.83. The van der Waals surface area contributed by atoms with Crippen molar-refractivity contribution < 1.29 is 0 Å².